The minimum Gasteiger partial charge on any atom is -0.508 e. The second kappa shape index (κ2) is 7.20. The average Bonchev–Trinajstić information content (AvgIpc) is 3.42. The molecule has 8 nitrogen and oxygen atoms in total. The lowest BCUT2D eigenvalue weighted by atomic mass is 9.76. The number of para-hydroxylation sites is 2. The van der Waals surface area contributed by atoms with Crippen LogP contribution in [0, 0.1) is 11.8 Å². The number of carboxylic acids is 1. The Bertz CT molecular complexity index is 1250. The Morgan fingerprint density at radius 2 is 1.81 bits per heavy atom. The van der Waals surface area contributed by atoms with Crippen molar-refractivity contribution in [1.82, 2.24) is 15.2 Å². The number of benzene rings is 2. The van der Waals surface area contributed by atoms with Crippen LogP contribution in [0.15, 0.2) is 54.7 Å². The molecule has 8 heteroatoms. The van der Waals surface area contributed by atoms with Crippen molar-refractivity contribution >= 4 is 28.7 Å². The summed E-state index contributed by atoms with van der Waals surface area (Å²) in [5.74, 6) is -4.16. The molecule has 2 aromatic carbocycles. The first-order valence-corrected chi connectivity index (χ1v) is 10.6. The summed E-state index contributed by atoms with van der Waals surface area (Å²) in [5, 5.41) is 24.9. The third-order valence-electron chi connectivity index (χ3n) is 6.86. The van der Waals surface area contributed by atoms with E-state index in [4.69, 9.17) is 0 Å². The van der Waals surface area contributed by atoms with Gasteiger partial charge in [-0.15, -0.1) is 0 Å². The van der Waals surface area contributed by atoms with Crippen molar-refractivity contribution in [2.24, 2.45) is 11.8 Å². The molecule has 3 aromatic rings. The van der Waals surface area contributed by atoms with Crippen LogP contribution in [0.2, 0.25) is 0 Å². The van der Waals surface area contributed by atoms with Crippen LogP contribution in [-0.2, 0) is 20.8 Å². The fourth-order valence-electron chi connectivity index (χ4n) is 5.41. The number of carboxylic acid groups (broad SMARTS) is 1. The van der Waals surface area contributed by atoms with Crippen molar-refractivity contribution < 1.29 is 24.6 Å². The molecule has 0 spiro atoms. The number of fused-ring (bicyclic) bond motifs is 2. The molecule has 4 atom stereocenters. The summed E-state index contributed by atoms with van der Waals surface area (Å²) in [4.78, 5) is 43.7. The monoisotopic (exact) mass is 433 g/mol. The van der Waals surface area contributed by atoms with E-state index in [1.54, 1.807) is 31.3 Å². The first-order chi connectivity index (χ1) is 15.4. The maximum Gasteiger partial charge on any atom is 0.325 e. The Hall–Kier alpha value is -3.65. The molecule has 2 saturated heterocycles. The standard InChI is InChI=1S/C24H23N3O5/c1-2-27-21(29)18-19(22(27)30)24(23(31)32,26-20(18)15-8-4-6-10-17(15)28)11-13-12-25-16-9-5-3-7-14(13)16/h3-10,12,18-20,25-26,28H,2,11H2,1H3,(H,31,32)/t18-,19-,20-,24-/m0/s1. The van der Waals surface area contributed by atoms with Crippen LogP contribution in [0.4, 0.5) is 0 Å². The highest BCUT2D eigenvalue weighted by molar-refractivity contribution is 6.09. The molecule has 0 radical (unpaired) electrons. The first-order valence-electron chi connectivity index (χ1n) is 10.6. The third kappa shape index (κ3) is 2.69. The fourth-order valence-corrected chi connectivity index (χ4v) is 5.41. The van der Waals surface area contributed by atoms with Crippen LogP contribution in [-0.4, -0.2) is 50.0 Å². The quantitative estimate of drug-likeness (QED) is 0.458. The molecule has 3 heterocycles. The van der Waals surface area contributed by atoms with Crippen molar-refractivity contribution in [3.8, 4) is 5.75 Å². The number of aliphatic carboxylic acids is 1. The Labute approximate surface area is 183 Å². The molecular weight excluding hydrogens is 410 g/mol. The van der Waals surface area contributed by atoms with Gasteiger partial charge in [-0.2, -0.15) is 0 Å². The number of nitrogens with one attached hydrogen (secondary N) is 2. The molecule has 32 heavy (non-hydrogen) atoms. The predicted octanol–water partition coefficient (Wildman–Crippen LogP) is 2.20. The number of aromatic amines is 1. The number of phenolic OH excluding ortho intramolecular Hbond substituents is 1. The summed E-state index contributed by atoms with van der Waals surface area (Å²) in [5.41, 5.74) is 0.295. The Morgan fingerprint density at radius 3 is 2.53 bits per heavy atom. The Kier molecular flexibility index (Phi) is 4.56. The highest BCUT2D eigenvalue weighted by Crippen LogP contribution is 2.51. The van der Waals surface area contributed by atoms with Crippen LogP contribution in [0.25, 0.3) is 10.9 Å². The number of aromatic nitrogens is 1. The predicted molar refractivity (Wildman–Crippen MR) is 116 cm³/mol. The van der Waals surface area contributed by atoms with Crippen LogP contribution in [0.1, 0.15) is 24.1 Å². The summed E-state index contributed by atoms with van der Waals surface area (Å²) in [7, 11) is 0. The molecule has 0 bridgehead atoms. The molecule has 0 aliphatic carbocycles. The van der Waals surface area contributed by atoms with Crippen LogP contribution < -0.4 is 5.32 Å². The summed E-state index contributed by atoms with van der Waals surface area (Å²) >= 11 is 0. The topological polar surface area (TPSA) is 123 Å². The zero-order chi connectivity index (χ0) is 22.6. The van der Waals surface area contributed by atoms with E-state index in [9.17, 15) is 24.6 Å². The third-order valence-corrected chi connectivity index (χ3v) is 6.86. The highest BCUT2D eigenvalue weighted by atomic mass is 16.4. The van der Waals surface area contributed by atoms with Gasteiger partial charge in [0.15, 0.2) is 0 Å². The minimum absolute atomic E-state index is 0.00812. The van der Waals surface area contributed by atoms with E-state index in [1.165, 1.54) is 6.07 Å². The van der Waals surface area contributed by atoms with Gasteiger partial charge in [0.1, 0.15) is 11.3 Å². The van der Waals surface area contributed by atoms with Crippen molar-refractivity contribution in [2.45, 2.75) is 24.9 Å². The van der Waals surface area contributed by atoms with Gasteiger partial charge >= 0.3 is 5.97 Å². The van der Waals surface area contributed by atoms with Gasteiger partial charge in [0.05, 0.1) is 11.8 Å². The fraction of sp³-hybridized carbons (Fsp3) is 0.292. The van der Waals surface area contributed by atoms with Crippen LogP contribution in [0.5, 0.6) is 5.75 Å². The molecule has 4 N–H and O–H groups in total. The average molecular weight is 433 g/mol. The number of carbonyl (C=O) groups excluding carboxylic acids is 2. The Morgan fingerprint density at radius 1 is 1.09 bits per heavy atom. The minimum atomic E-state index is -1.71. The van der Waals surface area contributed by atoms with Gasteiger partial charge in [-0.05, 0) is 24.6 Å². The van der Waals surface area contributed by atoms with Gasteiger partial charge in [-0.25, -0.2) is 0 Å². The second-order valence-corrected chi connectivity index (χ2v) is 8.42. The molecular formula is C24H23N3O5. The van der Waals surface area contributed by atoms with Gasteiger partial charge in [0.2, 0.25) is 11.8 Å². The second-order valence-electron chi connectivity index (χ2n) is 8.42. The van der Waals surface area contributed by atoms with E-state index in [1.807, 2.05) is 24.3 Å². The first kappa shape index (κ1) is 20.3. The maximum atomic E-state index is 13.3. The number of carbonyl (C=O) groups is 3. The van der Waals surface area contributed by atoms with Gasteiger partial charge in [0, 0.05) is 41.7 Å². The van der Waals surface area contributed by atoms with Crippen LogP contribution >= 0.6 is 0 Å². The zero-order valence-electron chi connectivity index (χ0n) is 17.4. The lowest BCUT2D eigenvalue weighted by Gasteiger charge is -2.31. The van der Waals surface area contributed by atoms with Crippen molar-refractivity contribution in [3.63, 3.8) is 0 Å². The number of hydrogen-bond acceptors (Lipinski definition) is 5. The number of amides is 2. The van der Waals surface area contributed by atoms with E-state index in [0.29, 0.717) is 5.56 Å². The number of rotatable bonds is 5. The molecule has 2 aliphatic heterocycles. The number of hydrogen-bond donors (Lipinski definition) is 4. The lowest BCUT2D eigenvalue weighted by Crippen LogP contribution is -2.57. The number of likely N-dealkylation sites (tertiary alicyclic amines) is 1. The zero-order valence-corrected chi connectivity index (χ0v) is 17.4. The molecule has 2 fully saturated rings. The SMILES string of the molecule is CCN1C(=O)[C@H]2[C@@H](C1=O)[C@@](Cc1c[nH]c3ccccc13)(C(=O)O)N[C@H]2c1ccccc1O. The lowest BCUT2D eigenvalue weighted by molar-refractivity contribution is -0.151. The maximum absolute atomic E-state index is 13.3. The number of imide groups is 1. The van der Waals surface area contributed by atoms with Gasteiger partial charge < -0.3 is 15.2 Å². The van der Waals surface area contributed by atoms with E-state index in [2.05, 4.69) is 10.3 Å². The molecule has 2 amide bonds. The molecule has 1 aromatic heterocycles. The Balaban J connectivity index is 1.68. The largest absolute Gasteiger partial charge is 0.508 e. The molecule has 0 saturated carbocycles. The summed E-state index contributed by atoms with van der Waals surface area (Å²) in [6.45, 7) is 1.86. The number of nitrogens with zero attached hydrogens (tertiary/aromatic N) is 1. The van der Waals surface area contributed by atoms with Crippen molar-refractivity contribution in [2.75, 3.05) is 6.54 Å². The molecule has 2 aliphatic rings. The van der Waals surface area contributed by atoms with E-state index >= 15 is 0 Å². The van der Waals surface area contributed by atoms with E-state index in [0.717, 1.165) is 21.4 Å². The smallest absolute Gasteiger partial charge is 0.325 e. The number of H-pyrrole nitrogens is 1. The molecule has 164 valence electrons. The summed E-state index contributed by atoms with van der Waals surface area (Å²) in [6.07, 6.45) is 1.76. The number of phenols is 1. The summed E-state index contributed by atoms with van der Waals surface area (Å²) in [6, 6.07) is 13.2. The number of aromatic hydroxyl groups is 1. The van der Waals surface area contributed by atoms with Crippen LogP contribution in [0.3, 0.4) is 0 Å². The van der Waals surface area contributed by atoms with Crippen molar-refractivity contribution in [3.05, 3.63) is 65.9 Å². The van der Waals surface area contributed by atoms with Gasteiger partial charge in [-0.3, -0.25) is 24.6 Å². The molecule has 5 rings (SSSR count). The van der Waals surface area contributed by atoms with E-state index < -0.39 is 41.2 Å². The van der Waals surface area contributed by atoms with Gasteiger partial charge in [0.25, 0.3) is 0 Å². The van der Waals surface area contributed by atoms with Crippen molar-refractivity contribution in [1.29, 1.82) is 0 Å². The normalized spacial score (nSPS) is 27.3. The molecule has 0 unspecified atom stereocenters. The summed E-state index contributed by atoms with van der Waals surface area (Å²) < 4.78 is 0. The highest BCUT2D eigenvalue weighted by Gasteiger charge is 2.68. The van der Waals surface area contributed by atoms with Gasteiger partial charge in [-0.1, -0.05) is 36.4 Å². The van der Waals surface area contributed by atoms with E-state index in [-0.39, 0.29) is 18.7 Å².